The van der Waals surface area contributed by atoms with Gasteiger partial charge in [-0.3, -0.25) is 0 Å². The molecule has 1 heterocycles. The van der Waals surface area contributed by atoms with Crippen LogP contribution in [0.2, 0.25) is 0 Å². The molecule has 1 aliphatic heterocycles. The van der Waals surface area contributed by atoms with Gasteiger partial charge in [0.25, 0.3) is 0 Å². The Morgan fingerprint density at radius 1 is 1.00 bits per heavy atom. The highest BCUT2D eigenvalue weighted by Crippen LogP contribution is 2.29. The van der Waals surface area contributed by atoms with Crippen LogP contribution in [0.3, 0.4) is 0 Å². The standard InChI is InChI=1S/C20H20N2O6S/c1-12-4-10-16(11-5-12)29(25,26)28-15-8-6-14(7-9-15)18-17(19(23)27-3)13(2)21-20(24)22-18/h4-11,18H,1-3H3,(H2,21,22,24)/t18-/m1/s1. The fraction of sp³-hybridized carbons (Fsp3) is 0.200. The Balaban J connectivity index is 1.86. The molecule has 2 N–H and O–H groups in total. The zero-order chi connectivity index (χ0) is 21.2. The fourth-order valence-corrected chi connectivity index (χ4v) is 3.85. The van der Waals surface area contributed by atoms with E-state index < -0.39 is 28.2 Å². The normalized spacial score (nSPS) is 16.7. The van der Waals surface area contributed by atoms with Crippen LogP contribution in [0.15, 0.2) is 64.7 Å². The minimum absolute atomic E-state index is 0.0457. The zero-order valence-electron chi connectivity index (χ0n) is 16.1. The van der Waals surface area contributed by atoms with Crippen LogP contribution in [0.5, 0.6) is 5.75 Å². The Labute approximate surface area is 168 Å². The average Bonchev–Trinajstić information content (AvgIpc) is 2.67. The maximum atomic E-state index is 12.4. The smallest absolute Gasteiger partial charge is 0.339 e. The zero-order valence-corrected chi connectivity index (χ0v) is 16.9. The second-order valence-electron chi connectivity index (χ2n) is 6.48. The molecule has 1 atom stereocenters. The molecule has 0 spiro atoms. The molecule has 0 radical (unpaired) electrons. The number of allylic oxidation sites excluding steroid dienone is 1. The molecule has 29 heavy (non-hydrogen) atoms. The van der Waals surface area contributed by atoms with E-state index in [2.05, 4.69) is 10.6 Å². The first-order valence-corrected chi connectivity index (χ1v) is 10.1. The van der Waals surface area contributed by atoms with Crippen molar-refractivity contribution < 1.29 is 26.9 Å². The lowest BCUT2D eigenvalue weighted by Gasteiger charge is -2.27. The van der Waals surface area contributed by atoms with E-state index in [1.807, 2.05) is 6.92 Å². The lowest BCUT2D eigenvalue weighted by molar-refractivity contribution is -0.136. The van der Waals surface area contributed by atoms with E-state index in [4.69, 9.17) is 8.92 Å². The Hall–Kier alpha value is -3.33. The molecule has 0 aliphatic carbocycles. The number of urea groups is 1. The summed E-state index contributed by atoms with van der Waals surface area (Å²) in [6.45, 7) is 3.46. The summed E-state index contributed by atoms with van der Waals surface area (Å²) in [6.07, 6.45) is 0. The summed E-state index contributed by atoms with van der Waals surface area (Å²) >= 11 is 0. The van der Waals surface area contributed by atoms with Crippen LogP contribution in [0.4, 0.5) is 4.79 Å². The van der Waals surface area contributed by atoms with Crippen molar-refractivity contribution >= 4 is 22.1 Å². The van der Waals surface area contributed by atoms with E-state index in [0.29, 0.717) is 11.3 Å². The molecular weight excluding hydrogens is 396 g/mol. The van der Waals surface area contributed by atoms with Gasteiger partial charge in [0, 0.05) is 5.70 Å². The Morgan fingerprint density at radius 2 is 1.62 bits per heavy atom. The van der Waals surface area contributed by atoms with Gasteiger partial charge in [-0.15, -0.1) is 0 Å². The van der Waals surface area contributed by atoms with Gasteiger partial charge in [-0.1, -0.05) is 29.8 Å². The Kier molecular flexibility index (Phi) is 5.60. The number of amides is 2. The lowest BCUT2D eigenvalue weighted by atomic mass is 9.95. The van der Waals surface area contributed by atoms with Gasteiger partial charge >= 0.3 is 22.1 Å². The summed E-state index contributed by atoms with van der Waals surface area (Å²) in [5.74, 6) is -0.475. The van der Waals surface area contributed by atoms with Gasteiger partial charge in [0.15, 0.2) is 0 Å². The highest BCUT2D eigenvalue weighted by molar-refractivity contribution is 7.87. The number of hydrogen-bond acceptors (Lipinski definition) is 6. The molecule has 0 saturated carbocycles. The van der Waals surface area contributed by atoms with Crippen LogP contribution in [-0.2, 0) is 19.6 Å². The Morgan fingerprint density at radius 3 is 2.21 bits per heavy atom. The number of hydrogen-bond donors (Lipinski definition) is 2. The third-order valence-corrected chi connectivity index (χ3v) is 5.66. The van der Waals surface area contributed by atoms with Crippen molar-refractivity contribution in [3.63, 3.8) is 0 Å². The molecule has 0 aromatic heterocycles. The van der Waals surface area contributed by atoms with Crippen LogP contribution in [0.25, 0.3) is 0 Å². The number of benzene rings is 2. The average molecular weight is 416 g/mol. The summed E-state index contributed by atoms with van der Waals surface area (Å²) in [5, 5.41) is 5.19. The molecule has 0 saturated heterocycles. The first kappa shape index (κ1) is 20.4. The number of carbonyl (C=O) groups is 2. The van der Waals surface area contributed by atoms with Crippen molar-refractivity contribution in [1.82, 2.24) is 10.6 Å². The number of rotatable bonds is 5. The topological polar surface area (TPSA) is 111 Å². The van der Waals surface area contributed by atoms with Crippen molar-refractivity contribution in [2.45, 2.75) is 24.8 Å². The monoisotopic (exact) mass is 416 g/mol. The van der Waals surface area contributed by atoms with Crippen LogP contribution in [0, 0.1) is 6.92 Å². The number of nitrogens with one attached hydrogen (secondary N) is 2. The number of carbonyl (C=O) groups excluding carboxylic acids is 2. The molecule has 3 rings (SSSR count). The van der Waals surface area contributed by atoms with Gasteiger partial charge in [0.2, 0.25) is 0 Å². The van der Waals surface area contributed by atoms with E-state index in [-0.39, 0.29) is 16.2 Å². The van der Waals surface area contributed by atoms with Crippen molar-refractivity contribution in [2.24, 2.45) is 0 Å². The number of esters is 1. The summed E-state index contributed by atoms with van der Waals surface area (Å²) in [7, 11) is -2.72. The predicted octanol–water partition coefficient (Wildman–Crippen LogP) is 2.56. The molecule has 2 aromatic rings. The molecular formula is C20H20N2O6S. The quantitative estimate of drug-likeness (QED) is 0.573. The summed E-state index contributed by atoms with van der Waals surface area (Å²) in [6, 6.07) is 11.2. The fourth-order valence-electron chi connectivity index (χ4n) is 2.92. The van der Waals surface area contributed by atoms with Gasteiger partial charge < -0.3 is 19.6 Å². The van der Waals surface area contributed by atoms with E-state index in [9.17, 15) is 18.0 Å². The second kappa shape index (κ2) is 7.96. The van der Waals surface area contributed by atoms with Crippen molar-refractivity contribution in [3.8, 4) is 5.75 Å². The van der Waals surface area contributed by atoms with Gasteiger partial charge in [0.05, 0.1) is 18.7 Å². The van der Waals surface area contributed by atoms with Crippen LogP contribution in [0.1, 0.15) is 24.1 Å². The molecule has 1 aliphatic rings. The lowest BCUT2D eigenvalue weighted by Crippen LogP contribution is -2.45. The summed E-state index contributed by atoms with van der Waals surface area (Å²) in [5.41, 5.74) is 2.14. The molecule has 2 aromatic carbocycles. The third-order valence-electron chi connectivity index (χ3n) is 4.40. The predicted molar refractivity (Wildman–Crippen MR) is 105 cm³/mol. The SMILES string of the molecule is COC(=O)C1=C(C)NC(=O)N[C@@H]1c1ccc(OS(=O)(=O)c2ccc(C)cc2)cc1. The number of methoxy groups -OCH3 is 1. The summed E-state index contributed by atoms with van der Waals surface area (Å²) < 4.78 is 34.8. The minimum atomic E-state index is -3.98. The van der Waals surface area contributed by atoms with Gasteiger partial charge in [-0.05, 0) is 43.7 Å². The van der Waals surface area contributed by atoms with E-state index in [1.165, 1.54) is 31.4 Å². The maximum Gasteiger partial charge on any atom is 0.339 e. The number of aryl methyl sites for hydroxylation is 1. The van der Waals surface area contributed by atoms with Crippen molar-refractivity contribution in [2.75, 3.05) is 7.11 Å². The van der Waals surface area contributed by atoms with Crippen molar-refractivity contribution in [3.05, 3.63) is 70.9 Å². The molecule has 2 amide bonds. The highest BCUT2D eigenvalue weighted by Gasteiger charge is 2.31. The van der Waals surface area contributed by atoms with Gasteiger partial charge in [-0.25, -0.2) is 9.59 Å². The molecule has 0 unspecified atom stereocenters. The largest absolute Gasteiger partial charge is 0.466 e. The third kappa shape index (κ3) is 4.40. The maximum absolute atomic E-state index is 12.4. The van der Waals surface area contributed by atoms with E-state index in [1.54, 1.807) is 31.2 Å². The van der Waals surface area contributed by atoms with E-state index in [0.717, 1.165) is 5.56 Å². The Bertz CT molecular complexity index is 1070. The van der Waals surface area contributed by atoms with Gasteiger partial charge in [0.1, 0.15) is 10.6 Å². The molecule has 8 nitrogen and oxygen atoms in total. The highest BCUT2D eigenvalue weighted by atomic mass is 32.2. The van der Waals surface area contributed by atoms with Crippen LogP contribution < -0.4 is 14.8 Å². The first-order chi connectivity index (χ1) is 13.7. The molecule has 0 bridgehead atoms. The van der Waals surface area contributed by atoms with Crippen LogP contribution >= 0.6 is 0 Å². The first-order valence-electron chi connectivity index (χ1n) is 8.69. The van der Waals surface area contributed by atoms with Crippen LogP contribution in [-0.4, -0.2) is 27.5 Å². The van der Waals surface area contributed by atoms with Crippen molar-refractivity contribution in [1.29, 1.82) is 0 Å². The minimum Gasteiger partial charge on any atom is -0.466 e. The second-order valence-corrected chi connectivity index (χ2v) is 8.03. The number of ether oxygens (including phenoxy) is 1. The van der Waals surface area contributed by atoms with E-state index >= 15 is 0 Å². The molecule has 152 valence electrons. The van der Waals surface area contributed by atoms with Gasteiger partial charge in [-0.2, -0.15) is 8.42 Å². The summed E-state index contributed by atoms with van der Waals surface area (Å²) in [4.78, 5) is 24.0. The molecule has 9 heteroatoms. The molecule has 0 fully saturated rings.